The number of unbranched alkanes of at least 4 members (excludes halogenated alkanes) is 2. The van der Waals surface area contributed by atoms with Crippen molar-refractivity contribution in [1.29, 1.82) is 0 Å². The summed E-state index contributed by atoms with van der Waals surface area (Å²) in [4.78, 5) is 66.0. The molecule has 4 atom stereocenters. The minimum Gasteiger partial charge on any atom is -0.504 e. The molecule has 0 aliphatic rings. The summed E-state index contributed by atoms with van der Waals surface area (Å²) in [5, 5.41) is 34.5. The molecular weight excluding hydrogens is 845 g/mol. The van der Waals surface area contributed by atoms with Gasteiger partial charge in [-0.3, -0.25) is 14.4 Å². The van der Waals surface area contributed by atoms with Crippen LogP contribution in [0.25, 0.3) is 10.9 Å². The predicted octanol–water partition coefficient (Wildman–Crippen LogP) is 3.37. The largest absolute Gasteiger partial charge is 0.504 e. The molecule has 275 valence electrons. The number of amides is 2. The van der Waals surface area contributed by atoms with Crippen LogP contribution in [0.15, 0.2) is 48.7 Å². The number of phenolic OH excluding ortho intramolecular Hbond substituents is 1. The number of methoxy groups -OCH3 is 1. The van der Waals surface area contributed by atoms with E-state index in [-0.39, 0.29) is 55.5 Å². The van der Waals surface area contributed by atoms with Crippen LogP contribution < -0.4 is 21.1 Å². The molecule has 3 aromatic rings. The molecule has 15 heteroatoms. The molecule has 0 aliphatic carbocycles. The van der Waals surface area contributed by atoms with E-state index < -0.39 is 48.3 Å². The van der Waals surface area contributed by atoms with E-state index in [1.807, 2.05) is 31.2 Å². The summed E-state index contributed by atoms with van der Waals surface area (Å²) in [6.45, 7) is 2.05. The molecule has 1 radical (unpaired) electrons. The first-order valence-corrected chi connectivity index (χ1v) is 17.2. The van der Waals surface area contributed by atoms with Crippen molar-refractivity contribution in [2.24, 2.45) is 5.73 Å². The number of rotatable bonds is 22. The normalized spacial score (nSPS) is 13.3. The Kier molecular flexibility index (Phi) is 17.9. The number of hydrogen-bond donors (Lipinski definition) is 7. The number of aromatic hydroxyl groups is 1. The Morgan fingerprint density at radius 3 is 2.42 bits per heavy atom. The van der Waals surface area contributed by atoms with E-state index >= 15 is 0 Å². The second kappa shape index (κ2) is 21.2. The first-order chi connectivity index (χ1) is 23.4. The molecule has 0 saturated carbocycles. The number of carbonyl (C=O) groups excluding carboxylic acids is 3. The number of H-pyrrole nitrogens is 1. The fraction of sp³-hybridized carbons (Fsp3) is 0.429. The van der Waals surface area contributed by atoms with Crippen molar-refractivity contribution in [2.45, 2.75) is 81.7 Å². The number of nitrogens with one attached hydrogen (secondary N) is 3. The van der Waals surface area contributed by atoms with Crippen molar-refractivity contribution in [3.8, 4) is 11.5 Å². The molecule has 1 aromatic heterocycles. The SMILES string of the molecule is CCCCCC([CH-]C(=O)CCc1ccc(O)c(OC)c1)SCC(NC(=O)C(N)CC(=O)O)C(=O)NC(Cc1c[nH]c2ccccc12)C(=O)O.[Ir]. The quantitative estimate of drug-likeness (QED) is 0.0573. The fourth-order valence-electron chi connectivity index (χ4n) is 5.20. The number of fused-ring (bicyclic) bond motifs is 1. The summed E-state index contributed by atoms with van der Waals surface area (Å²) < 4.78 is 5.15. The summed E-state index contributed by atoms with van der Waals surface area (Å²) >= 11 is 1.26. The zero-order valence-corrected chi connectivity index (χ0v) is 31.2. The van der Waals surface area contributed by atoms with Crippen molar-refractivity contribution in [3.63, 3.8) is 0 Å². The number of carboxylic acid groups (broad SMARTS) is 2. The van der Waals surface area contributed by atoms with Crippen molar-refractivity contribution in [1.82, 2.24) is 15.6 Å². The number of carbonyl (C=O) groups is 5. The van der Waals surface area contributed by atoms with Crippen LogP contribution in [0.5, 0.6) is 11.5 Å². The van der Waals surface area contributed by atoms with Gasteiger partial charge >= 0.3 is 11.9 Å². The number of para-hydroxylation sites is 1. The molecule has 50 heavy (non-hydrogen) atoms. The summed E-state index contributed by atoms with van der Waals surface area (Å²) in [7, 11) is 1.44. The van der Waals surface area contributed by atoms with E-state index in [4.69, 9.17) is 15.6 Å². The molecular formula is C35H45IrN4O9S-. The molecule has 4 unspecified atom stereocenters. The van der Waals surface area contributed by atoms with E-state index in [0.29, 0.717) is 24.2 Å². The Labute approximate surface area is 308 Å². The van der Waals surface area contributed by atoms with E-state index in [0.717, 1.165) is 35.7 Å². The molecule has 13 nitrogen and oxygen atoms in total. The second-order valence-electron chi connectivity index (χ2n) is 11.7. The van der Waals surface area contributed by atoms with Gasteiger partial charge in [-0.05, 0) is 42.2 Å². The molecule has 0 bridgehead atoms. The molecule has 8 N–H and O–H groups in total. The van der Waals surface area contributed by atoms with Gasteiger partial charge in [0.25, 0.3) is 0 Å². The minimum absolute atomic E-state index is 0. The van der Waals surface area contributed by atoms with Gasteiger partial charge in [-0.2, -0.15) is 11.8 Å². The van der Waals surface area contributed by atoms with Crippen LogP contribution in [-0.2, 0) is 56.9 Å². The predicted molar refractivity (Wildman–Crippen MR) is 186 cm³/mol. The molecule has 2 aromatic carbocycles. The monoisotopic (exact) mass is 890 g/mol. The van der Waals surface area contributed by atoms with Gasteiger partial charge in [0, 0.05) is 55.2 Å². The number of aromatic amines is 1. The maximum atomic E-state index is 13.6. The van der Waals surface area contributed by atoms with Crippen LogP contribution in [-0.4, -0.2) is 86.1 Å². The average Bonchev–Trinajstić information content (AvgIpc) is 3.47. The third kappa shape index (κ3) is 13.3. The Morgan fingerprint density at radius 2 is 1.74 bits per heavy atom. The standard InChI is InChI=1S/C35H45N4O9S.Ir/c1-3-4-5-8-24(17-23(40)13-11-21-12-14-30(41)31(15-21)48-2)49-20-29(39-33(44)26(36)18-32(42)43)34(45)38-28(35(46)47)16-22-19-37-27-10-7-6-9-25(22)27;/h6-7,9-10,12,14-15,17,19,24,26,28-29,37,41H,3-5,8,11,13,16,18,20,36H2,1-2H3,(H,38,45)(H,39,44)(H,42,43)(H,46,47);/q-1;. The van der Waals surface area contributed by atoms with Crippen LogP contribution in [0.2, 0.25) is 0 Å². The van der Waals surface area contributed by atoms with Crippen molar-refractivity contribution < 1.29 is 64.1 Å². The third-order valence-corrected chi connectivity index (χ3v) is 9.25. The number of aliphatic carboxylic acids is 2. The smallest absolute Gasteiger partial charge is 0.326 e. The molecule has 1 heterocycles. The van der Waals surface area contributed by atoms with Crippen LogP contribution in [0.1, 0.15) is 56.6 Å². The van der Waals surface area contributed by atoms with E-state index in [9.17, 15) is 34.2 Å². The van der Waals surface area contributed by atoms with E-state index in [2.05, 4.69) is 15.6 Å². The van der Waals surface area contributed by atoms with Crippen molar-refractivity contribution >= 4 is 52.2 Å². The van der Waals surface area contributed by atoms with Gasteiger partial charge in [-0.15, -0.1) is 5.25 Å². The Hall–Kier alpha value is -4.04. The maximum absolute atomic E-state index is 13.6. The Bertz CT molecular complexity index is 1600. The molecule has 0 saturated heterocycles. The van der Waals surface area contributed by atoms with Crippen molar-refractivity contribution in [3.05, 3.63) is 66.2 Å². The number of ketones is 1. The number of thioether (sulfide) groups is 1. The van der Waals surface area contributed by atoms with Gasteiger partial charge in [0.15, 0.2) is 11.5 Å². The number of nitrogens with two attached hydrogens (primary N) is 1. The summed E-state index contributed by atoms with van der Waals surface area (Å²) in [6, 6.07) is 8.17. The first-order valence-electron chi connectivity index (χ1n) is 16.1. The first kappa shape index (κ1) is 42.1. The van der Waals surface area contributed by atoms with Gasteiger partial charge in [0.1, 0.15) is 12.1 Å². The molecule has 0 aliphatic heterocycles. The number of hydrogen-bond acceptors (Lipinski definition) is 9. The summed E-state index contributed by atoms with van der Waals surface area (Å²) in [6.07, 6.45) is 6.48. The number of ether oxygens (including phenoxy) is 1. The average molecular weight is 890 g/mol. The van der Waals surface area contributed by atoms with Crippen LogP contribution in [0, 0.1) is 6.42 Å². The van der Waals surface area contributed by atoms with Crippen LogP contribution in [0.4, 0.5) is 0 Å². The zero-order valence-electron chi connectivity index (χ0n) is 28.0. The van der Waals surface area contributed by atoms with Crippen LogP contribution >= 0.6 is 11.8 Å². The zero-order chi connectivity index (χ0) is 35.9. The number of Topliss-reactive ketones (excluding diaryl/α,β-unsaturated/α-hetero) is 1. The molecule has 0 spiro atoms. The Morgan fingerprint density at radius 1 is 1.02 bits per heavy atom. The van der Waals surface area contributed by atoms with Gasteiger partial charge in [-0.25, -0.2) is 4.79 Å². The minimum atomic E-state index is -1.44. The molecule has 3 rings (SSSR count). The third-order valence-electron chi connectivity index (χ3n) is 7.92. The topological polar surface area (TPSA) is 221 Å². The number of phenols is 1. The van der Waals surface area contributed by atoms with Gasteiger partial charge in [0.2, 0.25) is 11.8 Å². The number of carboxylic acids is 2. The molecule has 2 amide bonds. The van der Waals surface area contributed by atoms with Gasteiger partial charge in [0.05, 0.1) is 19.6 Å². The number of benzene rings is 2. The van der Waals surface area contributed by atoms with E-state index in [1.165, 1.54) is 24.9 Å². The summed E-state index contributed by atoms with van der Waals surface area (Å²) in [5.41, 5.74) is 8.07. The number of aromatic nitrogens is 1. The van der Waals surface area contributed by atoms with Gasteiger partial charge < -0.3 is 52.6 Å². The van der Waals surface area contributed by atoms with Gasteiger partial charge in [-0.1, -0.05) is 56.9 Å². The maximum Gasteiger partial charge on any atom is 0.326 e. The second-order valence-corrected chi connectivity index (χ2v) is 13.0. The fourth-order valence-corrected chi connectivity index (χ4v) is 6.46. The summed E-state index contributed by atoms with van der Waals surface area (Å²) in [5.74, 6) is -4.08. The van der Waals surface area contributed by atoms with Crippen molar-refractivity contribution in [2.75, 3.05) is 12.9 Å². The number of aryl methyl sites for hydroxylation is 1. The van der Waals surface area contributed by atoms with Crippen LogP contribution in [0.3, 0.4) is 0 Å². The Balaban J connectivity index is 0.00000867. The molecule has 0 fully saturated rings. The van der Waals surface area contributed by atoms with E-state index in [1.54, 1.807) is 24.8 Å².